The molecule has 1 saturated carbocycles. The molecule has 1 amide bonds. The van der Waals surface area contributed by atoms with Crippen LogP contribution >= 0.6 is 11.6 Å². The molecule has 1 aliphatic carbocycles. The van der Waals surface area contributed by atoms with Crippen LogP contribution in [0.1, 0.15) is 16.7 Å². The van der Waals surface area contributed by atoms with E-state index < -0.39 is 29.0 Å². The van der Waals surface area contributed by atoms with Crippen molar-refractivity contribution in [1.29, 1.82) is 0 Å². The minimum Gasteiger partial charge on any atom is -0.370 e. The molecule has 6 rings (SSSR count). The maximum absolute atomic E-state index is 13.4. The number of aromatic nitrogens is 1. The summed E-state index contributed by atoms with van der Waals surface area (Å²) in [7, 11) is 0. The molecule has 2 spiro atoms. The Morgan fingerprint density at radius 2 is 2.07 bits per heavy atom. The summed E-state index contributed by atoms with van der Waals surface area (Å²) < 4.78 is 1.83. The Hall–Kier alpha value is -2.50. The predicted molar refractivity (Wildman–Crippen MR) is 105 cm³/mol. The van der Waals surface area contributed by atoms with Gasteiger partial charge in [0.1, 0.15) is 11.2 Å². The Kier molecular flexibility index (Phi) is 3.09. The third-order valence-corrected chi connectivity index (χ3v) is 8.12. The molecule has 1 aromatic heterocycles. The molecule has 0 aromatic carbocycles. The molecular weight excluding hydrogens is 398 g/mol. The maximum Gasteiger partial charge on any atom is 0.272 e. The van der Waals surface area contributed by atoms with E-state index in [0.717, 1.165) is 0 Å². The van der Waals surface area contributed by atoms with Crippen LogP contribution in [0.4, 0.5) is 0 Å². The second kappa shape index (κ2) is 5.15. The number of hydrogen-bond donors (Lipinski definition) is 6. The zero-order chi connectivity index (χ0) is 20.3. The Labute approximate surface area is 170 Å². The molecular formula is C17H22ClN9O2. The molecule has 2 fully saturated rings. The van der Waals surface area contributed by atoms with Crippen molar-refractivity contribution >= 4 is 29.4 Å². The highest BCUT2D eigenvalue weighted by molar-refractivity contribution is 6.22. The number of fused-ring (bicyclic) bond motifs is 4. The van der Waals surface area contributed by atoms with Crippen molar-refractivity contribution in [2.75, 3.05) is 13.1 Å². The molecule has 12 heteroatoms. The van der Waals surface area contributed by atoms with E-state index in [4.69, 9.17) is 28.8 Å². The van der Waals surface area contributed by atoms with E-state index in [9.17, 15) is 9.90 Å². The molecule has 5 aliphatic rings. The van der Waals surface area contributed by atoms with Gasteiger partial charge < -0.3 is 42.4 Å². The summed E-state index contributed by atoms with van der Waals surface area (Å²) in [6.07, 6.45) is 0.125. The number of carbonyl (C=O) groups is 1. The summed E-state index contributed by atoms with van der Waals surface area (Å²) in [5.41, 5.74) is 16.6. The van der Waals surface area contributed by atoms with Gasteiger partial charge in [0, 0.05) is 18.7 Å². The molecule has 0 bridgehead atoms. The van der Waals surface area contributed by atoms with Crippen LogP contribution in [0, 0.1) is 17.8 Å². The van der Waals surface area contributed by atoms with Crippen molar-refractivity contribution in [3.8, 4) is 0 Å². The Morgan fingerprint density at radius 3 is 2.76 bits per heavy atom. The van der Waals surface area contributed by atoms with Gasteiger partial charge in [-0.25, -0.2) is 9.98 Å². The Bertz CT molecular complexity index is 993. The molecule has 1 unspecified atom stereocenters. The van der Waals surface area contributed by atoms with E-state index in [1.54, 1.807) is 11.0 Å². The summed E-state index contributed by atoms with van der Waals surface area (Å²) in [6, 6.07) is 3.58. The van der Waals surface area contributed by atoms with Gasteiger partial charge in [0.05, 0.1) is 5.38 Å². The van der Waals surface area contributed by atoms with Crippen LogP contribution in [0.2, 0.25) is 0 Å². The average Bonchev–Trinajstić information content (AvgIpc) is 3.42. The highest BCUT2D eigenvalue weighted by Crippen LogP contribution is 2.63. The van der Waals surface area contributed by atoms with Gasteiger partial charge in [0.15, 0.2) is 30.0 Å². The first kappa shape index (κ1) is 17.4. The number of nitrogens with two attached hydrogens (primary N) is 3. The number of halogens is 1. The number of carbonyl (C=O) groups excluding carboxylic acids is 1. The van der Waals surface area contributed by atoms with Crippen LogP contribution < -0.4 is 27.8 Å². The third-order valence-electron chi connectivity index (χ3n) is 7.43. The van der Waals surface area contributed by atoms with E-state index >= 15 is 0 Å². The summed E-state index contributed by atoms with van der Waals surface area (Å²) in [5.74, 6) is -0.441. The first-order valence-corrected chi connectivity index (χ1v) is 10.0. The Morgan fingerprint density at radius 1 is 1.31 bits per heavy atom. The van der Waals surface area contributed by atoms with Crippen molar-refractivity contribution in [3.63, 3.8) is 0 Å². The highest BCUT2D eigenvalue weighted by atomic mass is 35.5. The largest absolute Gasteiger partial charge is 0.370 e. The van der Waals surface area contributed by atoms with Gasteiger partial charge in [0.25, 0.3) is 5.91 Å². The number of nitrogens with one attached hydrogen (secondary N) is 2. The average molecular weight is 420 g/mol. The first-order chi connectivity index (χ1) is 13.9. The molecule has 8 atom stereocenters. The van der Waals surface area contributed by atoms with Gasteiger partial charge in [-0.05, 0) is 30.5 Å². The molecule has 11 nitrogen and oxygen atoms in total. The minimum absolute atomic E-state index is 0.101. The third kappa shape index (κ3) is 1.68. The van der Waals surface area contributed by atoms with Gasteiger partial charge >= 0.3 is 0 Å². The van der Waals surface area contributed by atoms with Crippen molar-refractivity contribution in [2.45, 2.75) is 29.0 Å². The summed E-state index contributed by atoms with van der Waals surface area (Å²) in [4.78, 5) is 24.0. The highest BCUT2D eigenvalue weighted by Gasteiger charge is 2.79. The molecule has 1 aromatic rings. The second-order valence-electron chi connectivity index (χ2n) is 8.44. The van der Waals surface area contributed by atoms with E-state index in [1.165, 1.54) is 0 Å². The standard InChI is InChI=1S/C17H22ClN9O2/c18-10-6(4-19)7-5-27-11(28)8-2-1-3-26(8)12-17(27,25-14(20)22-12)9(7)16(10)13(29)23-15(21)24-16/h1-3,6-7,9-10,12-13,29H,4-5,19H2,(H3,20,22,25)(H3,21,23,24)/t6-,7-,9+,10+,12+,13?,16+,17-/m1/s1. The lowest BCUT2D eigenvalue weighted by Gasteiger charge is -2.51. The molecule has 4 aliphatic heterocycles. The van der Waals surface area contributed by atoms with Gasteiger partial charge in [-0.3, -0.25) is 4.79 Å². The fraction of sp³-hybridized carbons (Fsp3) is 0.588. The molecule has 154 valence electrons. The van der Waals surface area contributed by atoms with Gasteiger partial charge in [0.2, 0.25) is 0 Å². The number of nitrogens with zero attached hydrogens (tertiary/aromatic N) is 4. The van der Waals surface area contributed by atoms with Crippen molar-refractivity contribution in [2.24, 2.45) is 44.9 Å². The van der Waals surface area contributed by atoms with Crippen molar-refractivity contribution in [1.82, 2.24) is 20.1 Å². The normalized spacial score (nSPS) is 46.6. The Balaban J connectivity index is 1.60. The number of alkyl halides is 1. The summed E-state index contributed by atoms with van der Waals surface area (Å²) in [6.45, 7) is 0.721. The van der Waals surface area contributed by atoms with Crippen LogP contribution in [0.3, 0.4) is 0 Å². The van der Waals surface area contributed by atoms with Crippen LogP contribution in [0.5, 0.6) is 0 Å². The monoisotopic (exact) mass is 419 g/mol. The second-order valence-corrected chi connectivity index (χ2v) is 8.91. The zero-order valence-electron chi connectivity index (χ0n) is 15.4. The number of rotatable bonds is 1. The van der Waals surface area contributed by atoms with Crippen LogP contribution in [-0.4, -0.2) is 68.3 Å². The quantitative estimate of drug-likeness (QED) is 0.272. The molecule has 0 radical (unpaired) electrons. The fourth-order valence-corrected chi connectivity index (χ4v) is 7.13. The zero-order valence-corrected chi connectivity index (χ0v) is 16.1. The van der Waals surface area contributed by atoms with Crippen molar-refractivity contribution < 1.29 is 9.90 Å². The molecule has 5 heterocycles. The van der Waals surface area contributed by atoms with Crippen LogP contribution in [-0.2, 0) is 0 Å². The van der Waals surface area contributed by atoms with E-state index in [2.05, 4.69) is 20.6 Å². The lowest BCUT2D eigenvalue weighted by atomic mass is 9.73. The number of aliphatic imine (C=N–C) groups is 2. The maximum atomic E-state index is 13.4. The summed E-state index contributed by atoms with van der Waals surface area (Å²) in [5, 5.41) is 16.9. The number of aliphatic hydroxyl groups is 1. The summed E-state index contributed by atoms with van der Waals surface area (Å²) >= 11 is 6.94. The molecule has 1 saturated heterocycles. The lowest BCUT2D eigenvalue weighted by molar-refractivity contribution is -0.0269. The van der Waals surface area contributed by atoms with Crippen molar-refractivity contribution in [3.05, 3.63) is 24.0 Å². The predicted octanol–water partition coefficient (Wildman–Crippen LogP) is -2.53. The van der Waals surface area contributed by atoms with Crippen LogP contribution in [0.25, 0.3) is 0 Å². The first-order valence-electron chi connectivity index (χ1n) is 9.60. The number of guanidine groups is 2. The van der Waals surface area contributed by atoms with E-state index in [-0.39, 0.29) is 35.6 Å². The van der Waals surface area contributed by atoms with Crippen LogP contribution in [0.15, 0.2) is 28.3 Å². The number of amides is 1. The molecule has 29 heavy (non-hydrogen) atoms. The lowest BCUT2D eigenvalue weighted by Crippen LogP contribution is -2.74. The van der Waals surface area contributed by atoms with E-state index in [1.807, 2.05) is 16.8 Å². The van der Waals surface area contributed by atoms with Gasteiger partial charge in [-0.1, -0.05) is 0 Å². The number of aliphatic hydroxyl groups excluding tert-OH is 1. The fourth-order valence-electron chi connectivity index (χ4n) is 6.54. The topological polar surface area (TPSA) is 172 Å². The van der Waals surface area contributed by atoms with Gasteiger partial charge in [-0.15, -0.1) is 11.6 Å². The molecule has 9 N–H and O–H groups in total. The minimum atomic E-state index is -1.19. The SMILES string of the molecule is NC[C@@H]1[C@H]2CN3C(=O)c4cccn4[C@@H]4N=C(N)N[C@@]43[C@@H]2[C@]2(NC(N)=NC2O)[C@H]1Cl. The van der Waals surface area contributed by atoms with E-state index in [0.29, 0.717) is 18.8 Å². The van der Waals surface area contributed by atoms with Gasteiger partial charge in [-0.2, -0.15) is 0 Å². The number of hydrogen-bond acceptors (Lipinski definition) is 9. The smallest absolute Gasteiger partial charge is 0.272 e.